The zero-order chi connectivity index (χ0) is 12.8. The molecule has 0 heterocycles. The molecule has 0 radical (unpaired) electrons. The van der Waals surface area contributed by atoms with Gasteiger partial charge < -0.3 is 15.6 Å². The molecule has 0 atom stereocenters. The first-order valence-corrected chi connectivity index (χ1v) is 5.16. The van der Waals surface area contributed by atoms with E-state index in [1.54, 1.807) is 12.1 Å². The third kappa shape index (κ3) is 3.53. The van der Waals surface area contributed by atoms with Crippen molar-refractivity contribution in [2.45, 2.75) is 5.88 Å². The summed E-state index contributed by atoms with van der Waals surface area (Å²) in [5, 5.41) is 13.3. The first-order valence-electron chi connectivity index (χ1n) is 4.62. The second-order valence-electron chi connectivity index (χ2n) is 3.10. The highest BCUT2D eigenvalue weighted by molar-refractivity contribution is 6.17. The average molecular weight is 258 g/mol. The van der Waals surface area contributed by atoms with Crippen LogP contribution in [0.25, 0.3) is 0 Å². The molecule has 1 rings (SSSR count). The van der Waals surface area contributed by atoms with E-state index >= 15 is 0 Å². The number of benzene rings is 1. The fraction of sp³-hybridized carbons (Fsp3) is 0.200. The molecule has 0 unspecified atom stereocenters. The number of primary amides is 1. The lowest BCUT2D eigenvalue weighted by Gasteiger charge is -2.08. The fourth-order valence-corrected chi connectivity index (χ4v) is 1.40. The van der Waals surface area contributed by atoms with Crippen molar-refractivity contribution in [1.29, 1.82) is 0 Å². The number of nitrogens with zero attached hydrogens (tertiary/aromatic N) is 1. The molecular weight excluding hydrogens is 246 g/mol. The Morgan fingerprint density at radius 2 is 2.41 bits per heavy atom. The maximum absolute atomic E-state index is 10.4. The van der Waals surface area contributed by atoms with Crippen molar-refractivity contribution in [2.24, 2.45) is 10.8 Å². The molecule has 0 spiro atoms. The molecule has 1 aromatic rings. The van der Waals surface area contributed by atoms with Gasteiger partial charge in [-0.1, -0.05) is 0 Å². The number of ether oxygens (including phenoxy) is 1. The number of amides is 2. The van der Waals surface area contributed by atoms with Crippen LogP contribution in [0.15, 0.2) is 17.2 Å². The van der Waals surface area contributed by atoms with Crippen LogP contribution in [0.2, 0.25) is 0 Å². The summed E-state index contributed by atoms with van der Waals surface area (Å²) in [6.45, 7) is 0. The predicted octanol–water partition coefficient (Wildman–Crippen LogP) is 1.14. The van der Waals surface area contributed by atoms with E-state index in [1.165, 1.54) is 13.3 Å². The lowest BCUT2D eigenvalue weighted by Crippen LogP contribution is -2.24. The standard InChI is InChI=1S/C10H12ClN3O3/c1-17-8-3-6(5-13-14-10(12)16)2-7(4-11)9(8)15/h2-3,5,15H,4H2,1H3,(H3,12,14,16). The number of halogens is 1. The van der Waals surface area contributed by atoms with E-state index < -0.39 is 6.03 Å². The number of methoxy groups -OCH3 is 1. The second-order valence-corrected chi connectivity index (χ2v) is 3.37. The summed E-state index contributed by atoms with van der Waals surface area (Å²) in [6, 6.07) is 2.42. The Bertz CT molecular complexity index is 423. The Kier molecular flexibility index (Phi) is 4.59. The van der Waals surface area contributed by atoms with Crippen molar-refractivity contribution < 1.29 is 14.6 Å². The monoisotopic (exact) mass is 257 g/mol. The third-order valence-corrected chi connectivity index (χ3v) is 2.22. The Labute approximate surface area is 103 Å². The van der Waals surface area contributed by atoms with Crippen LogP contribution >= 0.6 is 11.6 Å². The Morgan fingerprint density at radius 3 is 2.94 bits per heavy atom. The van der Waals surface area contributed by atoms with Gasteiger partial charge in [0.15, 0.2) is 11.5 Å². The van der Waals surface area contributed by atoms with E-state index in [-0.39, 0.29) is 17.4 Å². The summed E-state index contributed by atoms with van der Waals surface area (Å²) in [5.41, 5.74) is 8.02. The molecule has 0 saturated heterocycles. The van der Waals surface area contributed by atoms with Gasteiger partial charge in [-0.25, -0.2) is 10.2 Å². The molecule has 1 aromatic carbocycles. The molecular formula is C10H12ClN3O3. The van der Waals surface area contributed by atoms with Crippen LogP contribution in [0.4, 0.5) is 4.79 Å². The quantitative estimate of drug-likeness (QED) is 0.429. The van der Waals surface area contributed by atoms with Crippen molar-refractivity contribution in [2.75, 3.05) is 7.11 Å². The summed E-state index contributed by atoms with van der Waals surface area (Å²) in [7, 11) is 1.43. The maximum atomic E-state index is 10.4. The van der Waals surface area contributed by atoms with Gasteiger partial charge in [-0.15, -0.1) is 11.6 Å². The Morgan fingerprint density at radius 1 is 1.71 bits per heavy atom. The van der Waals surface area contributed by atoms with Crippen LogP contribution in [0.1, 0.15) is 11.1 Å². The summed E-state index contributed by atoms with van der Waals surface area (Å²) >= 11 is 5.67. The van der Waals surface area contributed by atoms with Gasteiger partial charge >= 0.3 is 6.03 Å². The number of hydrazone groups is 1. The van der Waals surface area contributed by atoms with Crippen molar-refractivity contribution in [3.05, 3.63) is 23.3 Å². The van der Waals surface area contributed by atoms with Gasteiger partial charge in [-0.3, -0.25) is 0 Å². The molecule has 6 nitrogen and oxygen atoms in total. The van der Waals surface area contributed by atoms with E-state index in [9.17, 15) is 9.90 Å². The smallest absolute Gasteiger partial charge is 0.332 e. The number of aromatic hydroxyl groups is 1. The molecule has 0 fully saturated rings. The van der Waals surface area contributed by atoms with Gasteiger partial charge in [-0.2, -0.15) is 5.10 Å². The minimum absolute atomic E-state index is 0.0116. The highest BCUT2D eigenvalue weighted by atomic mass is 35.5. The summed E-state index contributed by atoms with van der Waals surface area (Å²) in [6.07, 6.45) is 1.36. The largest absolute Gasteiger partial charge is 0.504 e. The normalized spacial score (nSPS) is 10.5. The number of alkyl halides is 1. The highest BCUT2D eigenvalue weighted by Crippen LogP contribution is 2.31. The van der Waals surface area contributed by atoms with Gasteiger partial charge in [0.25, 0.3) is 0 Å². The summed E-state index contributed by atoms with van der Waals surface area (Å²) in [5.74, 6) is 0.402. The SMILES string of the molecule is COc1cc(C=NNC(N)=O)cc(CCl)c1O. The van der Waals surface area contributed by atoms with Gasteiger partial charge in [-0.05, 0) is 17.7 Å². The van der Waals surface area contributed by atoms with Crippen LogP contribution in [0.3, 0.4) is 0 Å². The highest BCUT2D eigenvalue weighted by Gasteiger charge is 2.08. The zero-order valence-electron chi connectivity index (χ0n) is 9.11. The van der Waals surface area contributed by atoms with Gasteiger partial charge in [0, 0.05) is 5.56 Å². The van der Waals surface area contributed by atoms with E-state index in [2.05, 4.69) is 10.5 Å². The molecule has 92 valence electrons. The second kappa shape index (κ2) is 5.95. The van der Waals surface area contributed by atoms with Gasteiger partial charge in [0.05, 0.1) is 19.2 Å². The number of phenols is 1. The third-order valence-electron chi connectivity index (χ3n) is 1.93. The van der Waals surface area contributed by atoms with E-state index in [4.69, 9.17) is 22.1 Å². The number of phenolic OH excluding ortho intramolecular Hbond substituents is 1. The molecule has 2 amide bonds. The van der Waals surface area contributed by atoms with Crippen LogP contribution in [-0.2, 0) is 5.88 Å². The van der Waals surface area contributed by atoms with E-state index in [0.717, 1.165) is 0 Å². The van der Waals surface area contributed by atoms with Crippen LogP contribution in [0, 0.1) is 0 Å². The number of hydrogen-bond donors (Lipinski definition) is 3. The number of nitrogens with one attached hydrogen (secondary N) is 1. The van der Waals surface area contributed by atoms with E-state index in [0.29, 0.717) is 11.1 Å². The number of carbonyl (C=O) groups excluding carboxylic acids is 1. The number of nitrogens with two attached hydrogens (primary N) is 1. The fourth-order valence-electron chi connectivity index (χ4n) is 1.19. The number of urea groups is 1. The summed E-state index contributed by atoms with van der Waals surface area (Å²) < 4.78 is 4.97. The lowest BCUT2D eigenvalue weighted by molar-refractivity contribution is 0.249. The van der Waals surface area contributed by atoms with E-state index in [1.807, 2.05) is 0 Å². The molecule has 0 aromatic heterocycles. The van der Waals surface area contributed by atoms with Crippen molar-refractivity contribution in [1.82, 2.24) is 5.43 Å². The van der Waals surface area contributed by atoms with Gasteiger partial charge in [0.1, 0.15) is 0 Å². The number of carbonyl (C=O) groups is 1. The lowest BCUT2D eigenvalue weighted by atomic mass is 10.1. The topological polar surface area (TPSA) is 96.9 Å². The van der Waals surface area contributed by atoms with Crippen molar-refractivity contribution >= 4 is 23.8 Å². The minimum atomic E-state index is -0.760. The van der Waals surface area contributed by atoms with Crippen molar-refractivity contribution in [3.8, 4) is 11.5 Å². The molecule has 7 heteroatoms. The van der Waals surface area contributed by atoms with Gasteiger partial charge in [0.2, 0.25) is 0 Å². The molecule has 0 aliphatic carbocycles. The molecule has 4 N–H and O–H groups in total. The minimum Gasteiger partial charge on any atom is -0.504 e. The predicted molar refractivity (Wildman–Crippen MR) is 64.5 cm³/mol. The van der Waals surface area contributed by atoms with Crippen LogP contribution in [0.5, 0.6) is 11.5 Å². The van der Waals surface area contributed by atoms with Crippen LogP contribution in [-0.4, -0.2) is 24.5 Å². The first kappa shape index (κ1) is 13.1. The first-order chi connectivity index (χ1) is 8.08. The number of rotatable bonds is 4. The number of hydrogen-bond acceptors (Lipinski definition) is 4. The molecule has 17 heavy (non-hydrogen) atoms. The van der Waals surface area contributed by atoms with Crippen LogP contribution < -0.4 is 15.9 Å². The maximum Gasteiger partial charge on any atom is 0.332 e. The average Bonchev–Trinajstić information content (AvgIpc) is 2.30. The molecule has 0 aliphatic rings. The molecule has 0 bridgehead atoms. The molecule has 0 aliphatic heterocycles. The molecule has 0 saturated carbocycles. The Hall–Kier alpha value is -1.95. The Balaban J connectivity index is 3.00. The zero-order valence-corrected chi connectivity index (χ0v) is 9.86. The van der Waals surface area contributed by atoms with Crippen molar-refractivity contribution in [3.63, 3.8) is 0 Å². The summed E-state index contributed by atoms with van der Waals surface area (Å²) in [4.78, 5) is 10.4.